The van der Waals surface area contributed by atoms with Crippen LogP contribution >= 0.6 is 15.9 Å². The van der Waals surface area contributed by atoms with E-state index in [1.54, 1.807) is 19.2 Å². The molecule has 1 aromatic carbocycles. The topological polar surface area (TPSA) is 113 Å². The molecule has 0 bridgehead atoms. The standard InChI is InChI=1S/C30H38BrNO7/c1-3-18(13-19-14-21(31)9-10-24(19)33)8-11-25-27-20(16-38-2)15-22-28(23(27)17-39-25)30(37)32(29(22)36)12-6-4-5-7-26(34)35/h9-10,13-14,22-23,25,28,33H,3-8,11-12,15-17H2,1-2H3,(H,34,35)/b18-13+/t22-,23+,25-,28-/m1/s1. The minimum absolute atomic E-state index is 0.0978. The molecule has 0 saturated carbocycles. The van der Waals surface area contributed by atoms with Crippen molar-refractivity contribution in [3.05, 3.63) is 45.0 Å². The minimum Gasteiger partial charge on any atom is -0.507 e. The van der Waals surface area contributed by atoms with Crippen LogP contribution in [0.5, 0.6) is 5.75 Å². The van der Waals surface area contributed by atoms with Gasteiger partial charge in [-0.25, -0.2) is 0 Å². The number of fused-ring (bicyclic) bond motifs is 3. The number of carboxylic acids is 1. The maximum absolute atomic E-state index is 13.5. The number of aromatic hydroxyl groups is 1. The number of carboxylic acid groups (broad SMARTS) is 1. The average Bonchev–Trinajstić information content (AvgIpc) is 3.43. The highest BCUT2D eigenvalue weighted by molar-refractivity contribution is 9.10. The molecule has 0 spiro atoms. The first-order valence-electron chi connectivity index (χ1n) is 13.8. The van der Waals surface area contributed by atoms with E-state index in [-0.39, 0.29) is 41.9 Å². The number of allylic oxidation sites excluding steroid dienone is 1. The minimum atomic E-state index is -0.831. The Bertz CT molecular complexity index is 1160. The van der Waals surface area contributed by atoms with Gasteiger partial charge in [0, 0.05) is 36.0 Å². The number of hydrogen-bond acceptors (Lipinski definition) is 6. The number of carbonyl (C=O) groups is 3. The summed E-state index contributed by atoms with van der Waals surface area (Å²) in [4.78, 5) is 38.9. The number of imide groups is 1. The molecule has 2 heterocycles. The molecule has 0 unspecified atom stereocenters. The first kappa shape index (κ1) is 29.5. The van der Waals surface area contributed by atoms with E-state index < -0.39 is 11.9 Å². The van der Waals surface area contributed by atoms with Crippen LogP contribution in [0.3, 0.4) is 0 Å². The summed E-state index contributed by atoms with van der Waals surface area (Å²) in [7, 11) is 1.65. The van der Waals surface area contributed by atoms with Crippen LogP contribution in [0.1, 0.15) is 63.9 Å². The quantitative estimate of drug-likeness (QED) is 0.178. The summed E-state index contributed by atoms with van der Waals surface area (Å²) < 4.78 is 12.7. The molecule has 0 aromatic heterocycles. The summed E-state index contributed by atoms with van der Waals surface area (Å²) >= 11 is 3.47. The van der Waals surface area contributed by atoms with E-state index in [1.165, 1.54) is 10.5 Å². The van der Waals surface area contributed by atoms with Crippen LogP contribution in [0.25, 0.3) is 6.08 Å². The maximum atomic E-state index is 13.5. The van der Waals surface area contributed by atoms with Crippen molar-refractivity contribution in [3.63, 3.8) is 0 Å². The van der Waals surface area contributed by atoms with Crippen molar-refractivity contribution in [1.29, 1.82) is 0 Å². The van der Waals surface area contributed by atoms with Gasteiger partial charge in [-0.2, -0.15) is 0 Å². The maximum Gasteiger partial charge on any atom is 0.303 e. The molecule has 4 rings (SSSR count). The average molecular weight is 605 g/mol. The van der Waals surface area contributed by atoms with Crippen molar-refractivity contribution in [1.82, 2.24) is 4.90 Å². The molecule has 9 heteroatoms. The van der Waals surface area contributed by atoms with Gasteiger partial charge in [-0.05, 0) is 67.9 Å². The number of benzene rings is 1. The summed E-state index contributed by atoms with van der Waals surface area (Å²) in [6, 6.07) is 5.38. The fourth-order valence-electron chi connectivity index (χ4n) is 6.32. The lowest BCUT2D eigenvalue weighted by Gasteiger charge is -2.31. The highest BCUT2D eigenvalue weighted by atomic mass is 79.9. The van der Waals surface area contributed by atoms with E-state index in [0.29, 0.717) is 45.4 Å². The Kier molecular flexibility index (Phi) is 10.0. The van der Waals surface area contributed by atoms with Crippen molar-refractivity contribution in [3.8, 4) is 5.75 Å². The van der Waals surface area contributed by atoms with E-state index in [1.807, 2.05) is 12.1 Å². The van der Waals surface area contributed by atoms with E-state index in [2.05, 4.69) is 22.9 Å². The third-order valence-corrected chi connectivity index (χ3v) is 8.71. The lowest BCUT2D eigenvalue weighted by atomic mass is 9.69. The van der Waals surface area contributed by atoms with E-state index in [0.717, 1.165) is 40.4 Å². The van der Waals surface area contributed by atoms with Gasteiger partial charge in [0.1, 0.15) is 5.75 Å². The number of carbonyl (C=O) groups excluding carboxylic acids is 2. The number of nitrogens with zero attached hydrogens (tertiary/aromatic N) is 1. The van der Waals surface area contributed by atoms with Crippen LogP contribution in [-0.2, 0) is 23.9 Å². The van der Waals surface area contributed by atoms with Crippen LogP contribution in [0.15, 0.2) is 39.4 Å². The normalized spacial score (nSPS) is 24.9. The molecule has 4 atom stereocenters. The Morgan fingerprint density at radius 1 is 1.18 bits per heavy atom. The Hall–Kier alpha value is -2.49. The van der Waals surface area contributed by atoms with Crippen molar-refractivity contribution in [2.75, 3.05) is 26.9 Å². The number of methoxy groups -OCH3 is 1. The summed E-state index contributed by atoms with van der Waals surface area (Å²) in [5, 5.41) is 19.1. The summed E-state index contributed by atoms with van der Waals surface area (Å²) in [5.74, 6) is -1.76. The first-order chi connectivity index (χ1) is 18.7. The van der Waals surface area contributed by atoms with E-state index in [9.17, 15) is 19.5 Å². The number of unbranched alkanes of at least 4 members (excludes halogenated alkanes) is 2. The molecule has 1 aliphatic carbocycles. The molecular formula is C30H38BrNO7. The second kappa shape index (κ2) is 13.2. The molecule has 1 aromatic rings. The van der Waals surface area contributed by atoms with Gasteiger partial charge in [0.05, 0.1) is 31.2 Å². The first-order valence-corrected chi connectivity index (χ1v) is 14.6. The molecule has 8 nitrogen and oxygen atoms in total. The number of likely N-dealkylation sites (tertiary alicyclic amines) is 1. The fraction of sp³-hybridized carbons (Fsp3) is 0.567. The molecule has 2 amide bonds. The lowest BCUT2D eigenvalue weighted by molar-refractivity contribution is -0.141. The number of aliphatic carboxylic acids is 1. The number of phenols is 1. The van der Waals surface area contributed by atoms with E-state index in [4.69, 9.17) is 14.6 Å². The fourth-order valence-corrected chi connectivity index (χ4v) is 6.70. The van der Waals surface area contributed by atoms with Gasteiger partial charge < -0.3 is 19.7 Å². The molecule has 212 valence electrons. The zero-order valence-electron chi connectivity index (χ0n) is 22.7. The number of phenolic OH excluding ortho intramolecular Hbond substituents is 1. The molecule has 2 fully saturated rings. The molecule has 39 heavy (non-hydrogen) atoms. The lowest BCUT2D eigenvalue weighted by Crippen LogP contribution is -2.35. The third kappa shape index (κ3) is 6.64. The Morgan fingerprint density at radius 2 is 1.97 bits per heavy atom. The Labute approximate surface area is 238 Å². The van der Waals surface area contributed by atoms with Crippen molar-refractivity contribution >= 4 is 39.8 Å². The second-order valence-electron chi connectivity index (χ2n) is 10.7. The highest BCUT2D eigenvalue weighted by Gasteiger charge is 2.56. The smallest absolute Gasteiger partial charge is 0.303 e. The third-order valence-electron chi connectivity index (χ3n) is 8.22. The summed E-state index contributed by atoms with van der Waals surface area (Å²) in [6.07, 6.45) is 6.68. The van der Waals surface area contributed by atoms with E-state index >= 15 is 0 Å². The highest BCUT2D eigenvalue weighted by Crippen LogP contribution is 2.50. The molecule has 3 aliphatic rings. The molecule has 2 saturated heterocycles. The molecule has 2 aliphatic heterocycles. The monoisotopic (exact) mass is 603 g/mol. The van der Waals surface area contributed by atoms with Gasteiger partial charge in [-0.3, -0.25) is 19.3 Å². The predicted octanol–water partition coefficient (Wildman–Crippen LogP) is 5.34. The predicted molar refractivity (Wildman–Crippen MR) is 150 cm³/mol. The SMILES string of the molecule is CC/C(=C\c1cc(Br)ccc1O)CC[C@H]1OC[C@H]2C1=C(COC)C[C@H]1C(=O)N(CCCCCC(=O)O)C(=O)[C@H]12. The van der Waals surface area contributed by atoms with Crippen LogP contribution in [0.2, 0.25) is 0 Å². The summed E-state index contributed by atoms with van der Waals surface area (Å²) in [5.41, 5.74) is 4.16. The number of halogens is 1. The number of hydrogen-bond donors (Lipinski definition) is 2. The van der Waals surface area contributed by atoms with Gasteiger partial charge in [0.15, 0.2) is 0 Å². The van der Waals surface area contributed by atoms with Crippen LogP contribution in [-0.4, -0.2) is 65.9 Å². The second-order valence-corrected chi connectivity index (χ2v) is 11.6. The van der Waals surface area contributed by atoms with Gasteiger partial charge in [0.2, 0.25) is 11.8 Å². The number of ether oxygens (including phenoxy) is 2. The Balaban J connectivity index is 1.47. The van der Waals surface area contributed by atoms with Crippen LogP contribution < -0.4 is 0 Å². The number of amides is 2. The summed E-state index contributed by atoms with van der Waals surface area (Å²) in [6.45, 7) is 3.26. The zero-order valence-corrected chi connectivity index (χ0v) is 24.2. The van der Waals surface area contributed by atoms with Gasteiger partial charge in [0.25, 0.3) is 0 Å². The molecule has 0 radical (unpaired) electrons. The van der Waals surface area contributed by atoms with Gasteiger partial charge in [-0.15, -0.1) is 0 Å². The van der Waals surface area contributed by atoms with Crippen molar-refractivity contribution in [2.45, 2.75) is 64.4 Å². The largest absolute Gasteiger partial charge is 0.507 e. The van der Waals surface area contributed by atoms with Crippen molar-refractivity contribution < 1.29 is 34.1 Å². The van der Waals surface area contributed by atoms with Gasteiger partial charge >= 0.3 is 5.97 Å². The van der Waals surface area contributed by atoms with Crippen LogP contribution in [0, 0.1) is 17.8 Å². The Morgan fingerprint density at radius 3 is 2.69 bits per heavy atom. The zero-order chi connectivity index (χ0) is 28.1. The van der Waals surface area contributed by atoms with Gasteiger partial charge in [-0.1, -0.05) is 40.9 Å². The van der Waals surface area contributed by atoms with Crippen molar-refractivity contribution in [2.24, 2.45) is 17.8 Å². The van der Waals surface area contributed by atoms with Crippen LogP contribution in [0.4, 0.5) is 0 Å². The molecule has 2 N–H and O–H groups in total. The number of rotatable bonds is 13. The molecular weight excluding hydrogens is 566 g/mol.